The highest BCUT2D eigenvalue weighted by molar-refractivity contribution is 5.78. The minimum Gasteiger partial charge on any atom is -0.394 e. The van der Waals surface area contributed by atoms with Crippen LogP contribution >= 0.6 is 0 Å². The summed E-state index contributed by atoms with van der Waals surface area (Å²) < 4.78 is 0. The number of nitrogens with zero attached hydrogens (tertiary/aromatic N) is 1. The monoisotopic (exact) mass is 326 g/mol. The van der Waals surface area contributed by atoms with Crippen molar-refractivity contribution in [2.45, 2.75) is 53.4 Å². The van der Waals surface area contributed by atoms with Gasteiger partial charge in [0.25, 0.3) is 0 Å². The lowest BCUT2D eigenvalue weighted by atomic mass is 10.0. The van der Waals surface area contributed by atoms with E-state index in [1.54, 1.807) is 0 Å². The highest BCUT2D eigenvalue weighted by Gasteiger charge is 1.96. The van der Waals surface area contributed by atoms with Crippen LogP contribution in [0, 0.1) is 0 Å². The Morgan fingerprint density at radius 3 is 2.42 bits per heavy atom. The summed E-state index contributed by atoms with van der Waals surface area (Å²) in [6, 6.07) is 0. The van der Waals surface area contributed by atoms with Gasteiger partial charge in [-0.15, -0.1) is 0 Å². The van der Waals surface area contributed by atoms with Gasteiger partial charge in [0.1, 0.15) is 0 Å². The Hall–Kier alpha value is -2.09. The zero-order chi connectivity index (χ0) is 18.2. The lowest BCUT2D eigenvalue weighted by molar-refractivity contribution is 0.898. The number of hydrogen-bond acceptors (Lipinski definition) is 2. The molecule has 0 rings (SSSR count). The van der Waals surface area contributed by atoms with Gasteiger partial charge >= 0.3 is 0 Å². The van der Waals surface area contributed by atoms with Crippen molar-refractivity contribution < 1.29 is 0 Å². The highest BCUT2D eigenvalue weighted by Crippen LogP contribution is 2.13. The molecule has 2 heteroatoms. The Morgan fingerprint density at radius 2 is 1.79 bits per heavy atom. The number of hydrogen-bond donors (Lipinski definition) is 1. The van der Waals surface area contributed by atoms with E-state index < -0.39 is 0 Å². The SMILES string of the molecule is C=C(\C=N/C=C(C)/C(C)=C/C=C/NC)CC/C(=C/C=C\CC)CC. The molecule has 0 saturated carbocycles. The summed E-state index contributed by atoms with van der Waals surface area (Å²) in [6.45, 7) is 12.6. The maximum absolute atomic E-state index is 4.40. The van der Waals surface area contributed by atoms with Crippen LogP contribution in [-0.2, 0) is 0 Å². The fourth-order valence-corrected chi connectivity index (χ4v) is 1.88. The van der Waals surface area contributed by atoms with Crippen molar-refractivity contribution in [1.82, 2.24) is 5.32 Å². The minimum absolute atomic E-state index is 0.954. The molecule has 24 heavy (non-hydrogen) atoms. The molecular formula is C22H34N2. The van der Waals surface area contributed by atoms with Crippen LogP contribution in [0.15, 0.2) is 76.6 Å². The largest absolute Gasteiger partial charge is 0.394 e. The molecule has 0 aliphatic carbocycles. The average Bonchev–Trinajstić information content (AvgIpc) is 2.57. The van der Waals surface area contributed by atoms with E-state index in [1.165, 1.54) is 11.1 Å². The Kier molecular flexibility index (Phi) is 13.2. The van der Waals surface area contributed by atoms with Crippen molar-refractivity contribution in [3.8, 4) is 0 Å². The molecule has 0 unspecified atom stereocenters. The number of nitrogens with one attached hydrogen (secondary N) is 1. The number of allylic oxidation sites excluding steroid dienone is 9. The fourth-order valence-electron chi connectivity index (χ4n) is 1.88. The summed E-state index contributed by atoms with van der Waals surface area (Å²) >= 11 is 0. The van der Waals surface area contributed by atoms with Crippen LogP contribution in [-0.4, -0.2) is 13.3 Å². The maximum Gasteiger partial charge on any atom is 0.0299 e. The smallest absolute Gasteiger partial charge is 0.0299 e. The van der Waals surface area contributed by atoms with Gasteiger partial charge in [-0.25, -0.2) is 0 Å². The maximum atomic E-state index is 4.40. The predicted octanol–water partition coefficient (Wildman–Crippen LogP) is 6.28. The van der Waals surface area contributed by atoms with Crippen LogP contribution in [0.1, 0.15) is 53.4 Å². The summed E-state index contributed by atoms with van der Waals surface area (Å²) in [4.78, 5) is 4.40. The topological polar surface area (TPSA) is 24.4 Å². The third-order valence-corrected chi connectivity index (χ3v) is 3.68. The van der Waals surface area contributed by atoms with Crippen molar-refractivity contribution in [3.05, 3.63) is 71.7 Å². The third kappa shape index (κ3) is 11.5. The average molecular weight is 327 g/mol. The van der Waals surface area contributed by atoms with E-state index in [0.29, 0.717) is 0 Å². The van der Waals surface area contributed by atoms with E-state index in [-0.39, 0.29) is 0 Å². The minimum atomic E-state index is 0.954. The molecule has 0 aromatic rings. The molecule has 0 spiro atoms. The van der Waals surface area contributed by atoms with Gasteiger partial charge in [0.15, 0.2) is 0 Å². The van der Waals surface area contributed by atoms with Gasteiger partial charge in [-0.05, 0) is 68.5 Å². The second kappa shape index (κ2) is 14.5. The van der Waals surface area contributed by atoms with E-state index >= 15 is 0 Å². The normalized spacial score (nSPS) is 14.3. The summed E-state index contributed by atoms with van der Waals surface area (Å²) in [5.41, 5.74) is 4.87. The van der Waals surface area contributed by atoms with Crippen LogP contribution in [0.2, 0.25) is 0 Å². The lowest BCUT2D eigenvalue weighted by Gasteiger charge is -2.03. The van der Waals surface area contributed by atoms with Crippen LogP contribution in [0.4, 0.5) is 0 Å². The van der Waals surface area contributed by atoms with E-state index in [0.717, 1.165) is 36.8 Å². The molecule has 0 saturated heterocycles. The van der Waals surface area contributed by atoms with Gasteiger partial charge in [0.2, 0.25) is 0 Å². The summed E-state index contributed by atoms with van der Waals surface area (Å²) in [5.74, 6) is 0. The number of rotatable bonds is 11. The molecule has 0 radical (unpaired) electrons. The Balaban J connectivity index is 4.50. The molecule has 0 aromatic carbocycles. The summed E-state index contributed by atoms with van der Waals surface area (Å²) in [5, 5.41) is 2.97. The predicted molar refractivity (Wildman–Crippen MR) is 110 cm³/mol. The second-order valence-corrected chi connectivity index (χ2v) is 5.76. The Bertz CT molecular complexity index is 540. The first kappa shape index (κ1) is 21.9. The van der Waals surface area contributed by atoms with Gasteiger partial charge in [-0.2, -0.15) is 0 Å². The Morgan fingerprint density at radius 1 is 1.04 bits per heavy atom. The molecule has 1 N–H and O–H groups in total. The van der Waals surface area contributed by atoms with E-state index in [4.69, 9.17) is 0 Å². The van der Waals surface area contributed by atoms with Crippen LogP contribution in [0.3, 0.4) is 0 Å². The third-order valence-electron chi connectivity index (χ3n) is 3.68. The summed E-state index contributed by atoms with van der Waals surface area (Å²) in [7, 11) is 1.89. The molecule has 0 aromatic heterocycles. The van der Waals surface area contributed by atoms with Gasteiger partial charge in [-0.3, -0.25) is 4.99 Å². The quantitative estimate of drug-likeness (QED) is 0.351. The van der Waals surface area contributed by atoms with Crippen molar-refractivity contribution in [3.63, 3.8) is 0 Å². The molecule has 0 atom stereocenters. The van der Waals surface area contributed by atoms with Crippen molar-refractivity contribution >= 4 is 6.21 Å². The van der Waals surface area contributed by atoms with E-state index in [1.807, 2.05) is 31.7 Å². The Labute approximate surface area is 149 Å². The van der Waals surface area contributed by atoms with Crippen molar-refractivity contribution in [1.29, 1.82) is 0 Å². The van der Waals surface area contributed by atoms with Gasteiger partial charge in [-0.1, -0.05) is 50.3 Å². The van der Waals surface area contributed by atoms with Crippen LogP contribution in [0.5, 0.6) is 0 Å². The highest BCUT2D eigenvalue weighted by atomic mass is 14.8. The van der Waals surface area contributed by atoms with Crippen molar-refractivity contribution in [2.75, 3.05) is 7.05 Å². The van der Waals surface area contributed by atoms with Gasteiger partial charge in [0, 0.05) is 19.5 Å². The van der Waals surface area contributed by atoms with Gasteiger partial charge < -0.3 is 5.32 Å². The first-order valence-electron chi connectivity index (χ1n) is 8.78. The van der Waals surface area contributed by atoms with E-state index in [9.17, 15) is 0 Å². The van der Waals surface area contributed by atoms with Crippen LogP contribution < -0.4 is 5.32 Å². The molecule has 0 bridgehead atoms. The summed E-state index contributed by atoms with van der Waals surface area (Å²) in [6.07, 6.45) is 20.4. The second-order valence-electron chi connectivity index (χ2n) is 5.76. The molecule has 0 fully saturated rings. The van der Waals surface area contributed by atoms with E-state index in [2.05, 4.69) is 68.9 Å². The molecular weight excluding hydrogens is 292 g/mol. The molecule has 132 valence electrons. The van der Waals surface area contributed by atoms with Crippen LogP contribution in [0.25, 0.3) is 0 Å². The molecule has 0 heterocycles. The zero-order valence-electron chi connectivity index (χ0n) is 16.1. The first-order valence-corrected chi connectivity index (χ1v) is 8.78. The lowest BCUT2D eigenvalue weighted by Crippen LogP contribution is -1.90. The first-order chi connectivity index (χ1) is 11.5. The molecule has 0 amide bonds. The standard InChI is InChI=1S/C22H34N2/c1-7-9-10-13-22(8-2)15-14-19(3)17-24-18-21(5)20(4)12-11-16-23-6/h9-13,16-18,23H,3,7-8,14-15H2,1-2,4-6H3/b10-9-,16-11+,20-12+,21-18+,22-13+,24-17-. The zero-order valence-corrected chi connectivity index (χ0v) is 16.1. The fraction of sp³-hybridized carbons (Fsp3) is 0.409. The molecule has 0 aliphatic rings. The van der Waals surface area contributed by atoms with Gasteiger partial charge in [0.05, 0.1) is 0 Å². The molecule has 2 nitrogen and oxygen atoms in total. The number of aliphatic imine (C=N–C) groups is 1. The van der Waals surface area contributed by atoms with Crippen molar-refractivity contribution in [2.24, 2.45) is 4.99 Å². The molecule has 0 aliphatic heterocycles.